The lowest BCUT2D eigenvalue weighted by molar-refractivity contribution is -0.108. The number of rotatable bonds is 3. The van der Waals surface area contributed by atoms with Crippen molar-refractivity contribution < 1.29 is 18.0 Å². The molecule has 0 heterocycles. The maximum absolute atomic E-state index is 13.4. The van der Waals surface area contributed by atoms with Crippen LogP contribution >= 0.6 is 15.9 Å². The average Bonchev–Trinajstić information content (AvgIpc) is 2.20. The first-order valence-electron chi connectivity index (χ1n) is 4.25. The summed E-state index contributed by atoms with van der Waals surface area (Å²) in [5, 5.41) is 0. The van der Waals surface area contributed by atoms with Crippen LogP contribution in [0.15, 0.2) is 10.5 Å². The largest absolute Gasteiger partial charge is 0.303 e. The minimum atomic E-state index is -1.26. The van der Waals surface area contributed by atoms with Crippen LogP contribution in [0.3, 0.4) is 0 Å². The Bertz CT molecular complexity index is 393. The molecule has 15 heavy (non-hydrogen) atoms. The van der Waals surface area contributed by atoms with Crippen molar-refractivity contribution in [3.8, 4) is 0 Å². The van der Waals surface area contributed by atoms with Gasteiger partial charge in [0, 0.05) is 6.42 Å². The summed E-state index contributed by atoms with van der Waals surface area (Å²) in [4.78, 5) is 10.2. The molecule has 0 aliphatic carbocycles. The molecule has 1 aromatic rings. The molecule has 0 bridgehead atoms. The van der Waals surface area contributed by atoms with Gasteiger partial charge in [0.15, 0.2) is 11.6 Å². The highest BCUT2D eigenvalue weighted by Crippen LogP contribution is 2.30. The average molecular weight is 281 g/mol. The van der Waals surface area contributed by atoms with Crippen LogP contribution in [0.4, 0.5) is 13.2 Å². The van der Waals surface area contributed by atoms with Crippen LogP contribution < -0.4 is 0 Å². The zero-order valence-corrected chi connectivity index (χ0v) is 9.45. The number of benzene rings is 1. The Labute approximate surface area is 93.4 Å². The molecule has 82 valence electrons. The van der Waals surface area contributed by atoms with E-state index < -0.39 is 27.8 Å². The third kappa shape index (κ3) is 2.40. The second kappa shape index (κ2) is 4.79. The third-order valence-electron chi connectivity index (χ3n) is 2.11. The van der Waals surface area contributed by atoms with Crippen LogP contribution in [0.5, 0.6) is 0 Å². The molecule has 5 heteroatoms. The van der Waals surface area contributed by atoms with E-state index in [1.807, 2.05) is 0 Å². The molecule has 0 saturated heterocycles. The number of hydrogen-bond acceptors (Lipinski definition) is 1. The molecule has 1 aromatic carbocycles. The van der Waals surface area contributed by atoms with Crippen LogP contribution in [0, 0.1) is 17.5 Å². The fourth-order valence-corrected chi connectivity index (χ4v) is 1.64. The summed E-state index contributed by atoms with van der Waals surface area (Å²) in [6.45, 7) is 1.57. The molecule has 0 N–H and O–H groups in total. The summed E-state index contributed by atoms with van der Waals surface area (Å²) < 4.78 is 38.8. The highest BCUT2D eigenvalue weighted by molar-refractivity contribution is 9.10. The van der Waals surface area contributed by atoms with Gasteiger partial charge >= 0.3 is 0 Å². The van der Waals surface area contributed by atoms with E-state index in [0.29, 0.717) is 6.29 Å². The fourth-order valence-electron chi connectivity index (χ4n) is 1.22. The summed E-state index contributed by atoms with van der Waals surface area (Å²) in [5.74, 6) is -3.72. The standard InChI is InChI=1S/C10H8BrF3O/c1-5(2-3-15)6-4-7(12)10(14)8(11)9(6)13/h3-5H,2H2,1H3. The van der Waals surface area contributed by atoms with Crippen molar-refractivity contribution >= 4 is 22.2 Å². The number of halogens is 4. The normalized spacial score (nSPS) is 12.6. The van der Waals surface area contributed by atoms with Crippen molar-refractivity contribution in [1.82, 2.24) is 0 Å². The second-order valence-electron chi connectivity index (χ2n) is 3.19. The number of hydrogen-bond donors (Lipinski definition) is 0. The molecule has 0 radical (unpaired) electrons. The van der Waals surface area contributed by atoms with Crippen molar-refractivity contribution in [2.45, 2.75) is 19.3 Å². The highest BCUT2D eigenvalue weighted by Gasteiger charge is 2.19. The molecule has 1 nitrogen and oxygen atoms in total. The smallest absolute Gasteiger partial charge is 0.175 e. The van der Waals surface area contributed by atoms with E-state index in [1.54, 1.807) is 6.92 Å². The van der Waals surface area contributed by atoms with E-state index >= 15 is 0 Å². The Kier molecular flexibility index (Phi) is 3.90. The molecule has 0 saturated carbocycles. The van der Waals surface area contributed by atoms with Gasteiger partial charge in [0.2, 0.25) is 0 Å². The van der Waals surface area contributed by atoms with Crippen LogP contribution in [-0.2, 0) is 4.79 Å². The van der Waals surface area contributed by atoms with E-state index in [2.05, 4.69) is 15.9 Å². The Morgan fingerprint density at radius 2 is 2.00 bits per heavy atom. The zero-order chi connectivity index (χ0) is 11.6. The summed E-state index contributed by atoms with van der Waals surface area (Å²) in [7, 11) is 0. The first-order valence-corrected chi connectivity index (χ1v) is 5.04. The van der Waals surface area contributed by atoms with Gasteiger partial charge in [0.25, 0.3) is 0 Å². The highest BCUT2D eigenvalue weighted by atomic mass is 79.9. The lowest BCUT2D eigenvalue weighted by Crippen LogP contribution is -2.02. The maximum atomic E-state index is 13.4. The van der Waals surface area contributed by atoms with Gasteiger partial charge in [-0.3, -0.25) is 0 Å². The maximum Gasteiger partial charge on any atom is 0.175 e. The first-order chi connectivity index (χ1) is 6.99. The van der Waals surface area contributed by atoms with E-state index in [1.165, 1.54) is 0 Å². The van der Waals surface area contributed by atoms with Crippen LogP contribution in [-0.4, -0.2) is 6.29 Å². The summed E-state index contributed by atoms with van der Waals surface area (Å²) >= 11 is 2.62. The Morgan fingerprint density at radius 1 is 1.40 bits per heavy atom. The molecule has 1 atom stereocenters. The molecule has 0 amide bonds. The minimum absolute atomic E-state index is 0.00660. The van der Waals surface area contributed by atoms with Crippen molar-refractivity contribution in [1.29, 1.82) is 0 Å². The third-order valence-corrected chi connectivity index (χ3v) is 2.81. The monoisotopic (exact) mass is 280 g/mol. The molecule has 0 aliphatic rings. The number of aldehydes is 1. The predicted octanol–water partition coefficient (Wildman–Crippen LogP) is 3.56. The molecular formula is C10H8BrF3O. The summed E-state index contributed by atoms with van der Waals surface area (Å²) in [6.07, 6.45) is 0.674. The topological polar surface area (TPSA) is 17.1 Å². The van der Waals surface area contributed by atoms with Crippen LogP contribution in [0.2, 0.25) is 0 Å². The van der Waals surface area contributed by atoms with Crippen molar-refractivity contribution in [3.63, 3.8) is 0 Å². The van der Waals surface area contributed by atoms with E-state index in [4.69, 9.17) is 0 Å². The Morgan fingerprint density at radius 3 is 2.53 bits per heavy atom. The first kappa shape index (κ1) is 12.2. The van der Waals surface area contributed by atoms with Crippen molar-refractivity contribution in [2.75, 3.05) is 0 Å². The molecule has 0 fully saturated rings. The minimum Gasteiger partial charge on any atom is -0.303 e. The van der Waals surface area contributed by atoms with E-state index in [-0.39, 0.29) is 12.0 Å². The predicted molar refractivity (Wildman–Crippen MR) is 53.1 cm³/mol. The number of carbonyl (C=O) groups excluding carboxylic acids is 1. The second-order valence-corrected chi connectivity index (χ2v) is 3.99. The van der Waals surface area contributed by atoms with Crippen molar-refractivity contribution in [2.24, 2.45) is 0 Å². The summed E-state index contributed by atoms with van der Waals surface area (Å²) in [6, 6.07) is 0.781. The van der Waals surface area contributed by atoms with Gasteiger partial charge in [0.05, 0.1) is 4.47 Å². The SMILES string of the molecule is CC(CC=O)c1cc(F)c(F)c(Br)c1F. The van der Waals surface area contributed by atoms with E-state index in [0.717, 1.165) is 6.07 Å². The van der Waals surface area contributed by atoms with E-state index in [9.17, 15) is 18.0 Å². The zero-order valence-electron chi connectivity index (χ0n) is 7.86. The molecular weight excluding hydrogens is 273 g/mol. The molecule has 1 rings (SSSR count). The Balaban J connectivity index is 3.25. The van der Waals surface area contributed by atoms with Gasteiger partial charge in [0.1, 0.15) is 12.1 Å². The molecule has 0 aliphatic heterocycles. The van der Waals surface area contributed by atoms with Crippen molar-refractivity contribution in [3.05, 3.63) is 33.6 Å². The fraction of sp³-hybridized carbons (Fsp3) is 0.300. The summed E-state index contributed by atoms with van der Waals surface area (Å²) in [5.41, 5.74) is -0.00660. The lowest BCUT2D eigenvalue weighted by atomic mass is 9.98. The number of carbonyl (C=O) groups is 1. The van der Waals surface area contributed by atoms with Gasteiger partial charge < -0.3 is 4.79 Å². The van der Waals surface area contributed by atoms with Gasteiger partial charge in [-0.2, -0.15) is 0 Å². The Hall–Kier alpha value is -0.840. The molecule has 0 aromatic heterocycles. The van der Waals surface area contributed by atoms with Gasteiger partial charge in [-0.25, -0.2) is 13.2 Å². The van der Waals surface area contributed by atoms with Gasteiger partial charge in [-0.15, -0.1) is 0 Å². The van der Waals surface area contributed by atoms with Crippen LogP contribution in [0.25, 0.3) is 0 Å². The van der Waals surface area contributed by atoms with Gasteiger partial charge in [-0.05, 0) is 33.5 Å². The molecule has 0 spiro atoms. The lowest BCUT2D eigenvalue weighted by Gasteiger charge is -2.11. The quantitative estimate of drug-likeness (QED) is 0.470. The molecule has 1 unspecified atom stereocenters. The van der Waals surface area contributed by atoms with Gasteiger partial charge in [-0.1, -0.05) is 6.92 Å². The van der Waals surface area contributed by atoms with Crippen LogP contribution in [0.1, 0.15) is 24.8 Å².